The van der Waals surface area contributed by atoms with Gasteiger partial charge in [-0.1, -0.05) is 13.0 Å². The van der Waals surface area contributed by atoms with Gasteiger partial charge < -0.3 is 5.32 Å². The highest BCUT2D eigenvalue weighted by Crippen LogP contribution is 2.04. The maximum absolute atomic E-state index is 3.79. The summed E-state index contributed by atoms with van der Waals surface area (Å²) in [5, 5.41) is 3.52. The minimum absolute atomic E-state index is 0.231. The molecule has 0 aliphatic rings. The minimum atomic E-state index is 0.231. The molecule has 0 radical (unpaired) electrons. The quantitative estimate of drug-likeness (QED) is 0.653. The summed E-state index contributed by atoms with van der Waals surface area (Å²) in [6, 6.07) is 0.628. The molecular weight excluding hydrogens is 184 g/mol. The van der Waals surface area contributed by atoms with Crippen LogP contribution in [0.1, 0.15) is 41.0 Å². The molecule has 0 bridgehead atoms. The second-order valence-corrected chi connectivity index (χ2v) is 5.19. The van der Waals surface area contributed by atoms with Crippen LogP contribution >= 0.6 is 0 Å². The molecule has 0 saturated carbocycles. The summed E-state index contributed by atoms with van der Waals surface area (Å²) in [6.07, 6.45) is 3.18. The predicted octanol–water partition coefficient (Wildman–Crippen LogP) is 2.66. The predicted molar refractivity (Wildman–Crippen MR) is 69.3 cm³/mol. The Labute approximate surface area is 95.7 Å². The van der Waals surface area contributed by atoms with Crippen molar-refractivity contribution < 1.29 is 0 Å². The molecule has 15 heavy (non-hydrogen) atoms. The molecule has 0 heterocycles. The highest BCUT2D eigenvalue weighted by Gasteiger charge is 2.12. The SMILES string of the molecule is C=CCN(CC)C(C)CCNC(C)(C)C. The fourth-order valence-electron chi connectivity index (χ4n) is 1.63. The van der Waals surface area contributed by atoms with Gasteiger partial charge in [0.2, 0.25) is 0 Å². The van der Waals surface area contributed by atoms with Gasteiger partial charge in [0.05, 0.1) is 0 Å². The van der Waals surface area contributed by atoms with Crippen LogP contribution in [0.3, 0.4) is 0 Å². The Bertz CT molecular complexity index is 170. The summed E-state index contributed by atoms with van der Waals surface area (Å²) >= 11 is 0. The van der Waals surface area contributed by atoms with Crippen LogP contribution in [-0.4, -0.2) is 36.1 Å². The van der Waals surface area contributed by atoms with Crippen molar-refractivity contribution in [2.45, 2.75) is 52.6 Å². The minimum Gasteiger partial charge on any atom is -0.312 e. The number of likely N-dealkylation sites (N-methyl/N-ethyl adjacent to an activating group) is 1. The number of nitrogens with one attached hydrogen (secondary N) is 1. The van der Waals surface area contributed by atoms with E-state index < -0.39 is 0 Å². The molecule has 0 aliphatic carbocycles. The normalized spacial score (nSPS) is 14.3. The molecule has 90 valence electrons. The molecule has 0 aromatic heterocycles. The standard InChI is InChI=1S/C13H28N2/c1-7-11-15(8-2)12(3)9-10-14-13(4,5)6/h7,12,14H,1,8-11H2,2-6H3. The molecule has 0 aromatic carbocycles. The average Bonchev–Trinajstić information content (AvgIpc) is 2.11. The molecule has 1 N–H and O–H groups in total. The van der Waals surface area contributed by atoms with Gasteiger partial charge in [-0.05, 0) is 47.2 Å². The zero-order valence-corrected chi connectivity index (χ0v) is 11.1. The Morgan fingerprint density at radius 1 is 1.40 bits per heavy atom. The van der Waals surface area contributed by atoms with Gasteiger partial charge in [-0.3, -0.25) is 4.90 Å². The number of hydrogen-bond donors (Lipinski definition) is 1. The molecule has 2 heteroatoms. The van der Waals surface area contributed by atoms with Crippen LogP contribution < -0.4 is 5.32 Å². The van der Waals surface area contributed by atoms with Crippen molar-refractivity contribution in [3.8, 4) is 0 Å². The van der Waals surface area contributed by atoms with Crippen LogP contribution in [0.4, 0.5) is 0 Å². The van der Waals surface area contributed by atoms with Crippen LogP contribution in [0, 0.1) is 0 Å². The van der Waals surface area contributed by atoms with E-state index in [0.29, 0.717) is 6.04 Å². The Morgan fingerprint density at radius 3 is 2.40 bits per heavy atom. The summed E-state index contributed by atoms with van der Waals surface area (Å²) < 4.78 is 0. The van der Waals surface area contributed by atoms with E-state index in [4.69, 9.17) is 0 Å². The third-order valence-electron chi connectivity index (χ3n) is 2.61. The van der Waals surface area contributed by atoms with Gasteiger partial charge in [-0.25, -0.2) is 0 Å². The highest BCUT2D eigenvalue weighted by atomic mass is 15.1. The van der Waals surface area contributed by atoms with Crippen LogP contribution in [0.5, 0.6) is 0 Å². The first-order valence-corrected chi connectivity index (χ1v) is 6.00. The maximum atomic E-state index is 3.79. The van der Waals surface area contributed by atoms with Crippen molar-refractivity contribution in [2.75, 3.05) is 19.6 Å². The van der Waals surface area contributed by atoms with Crippen LogP contribution in [0.15, 0.2) is 12.7 Å². The highest BCUT2D eigenvalue weighted by molar-refractivity contribution is 4.78. The number of nitrogens with zero attached hydrogens (tertiary/aromatic N) is 1. The molecule has 0 spiro atoms. The molecule has 0 saturated heterocycles. The summed E-state index contributed by atoms with van der Waals surface area (Å²) in [5.41, 5.74) is 0.231. The van der Waals surface area contributed by atoms with Crippen molar-refractivity contribution >= 4 is 0 Å². The zero-order chi connectivity index (χ0) is 11.9. The van der Waals surface area contributed by atoms with Crippen LogP contribution in [-0.2, 0) is 0 Å². The van der Waals surface area contributed by atoms with Gasteiger partial charge in [0, 0.05) is 18.1 Å². The van der Waals surface area contributed by atoms with E-state index in [1.807, 2.05) is 6.08 Å². The fourth-order valence-corrected chi connectivity index (χ4v) is 1.63. The Hall–Kier alpha value is -0.340. The van der Waals surface area contributed by atoms with Gasteiger partial charge in [0.15, 0.2) is 0 Å². The van der Waals surface area contributed by atoms with Gasteiger partial charge in [-0.2, -0.15) is 0 Å². The summed E-state index contributed by atoms with van der Waals surface area (Å²) in [5.74, 6) is 0. The zero-order valence-electron chi connectivity index (χ0n) is 11.1. The lowest BCUT2D eigenvalue weighted by Crippen LogP contribution is -2.40. The monoisotopic (exact) mass is 212 g/mol. The second-order valence-electron chi connectivity index (χ2n) is 5.19. The van der Waals surface area contributed by atoms with Crippen molar-refractivity contribution in [3.05, 3.63) is 12.7 Å². The van der Waals surface area contributed by atoms with E-state index >= 15 is 0 Å². The first kappa shape index (κ1) is 14.7. The van der Waals surface area contributed by atoms with Crippen molar-refractivity contribution in [2.24, 2.45) is 0 Å². The smallest absolute Gasteiger partial charge is 0.0163 e. The molecule has 0 rings (SSSR count). The molecule has 1 unspecified atom stereocenters. The van der Waals surface area contributed by atoms with E-state index in [2.05, 4.69) is 51.4 Å². The molecule has 0 aromatic rings. The lowest BCUT2D eigenvalue weighted by atomic mass is 10.1. The molecule has 0 amide bonds. The van der Waals surface area contributed by atoms with Crippen molar-refractivity contribution in [3.63, 3.8) is 0 Å². The van der Waals surface area contributed by atoms with Gasteiger partial charge in [-0.15, -0.1) is 6.58 Å². The van der Waals surface area contributed by atoms with Crippen LogP contribution in [0.25, 0.3) is 0 Å². The lowest BCUT2D eigenvalue weighted by molar-refractivity contribution is 0.226. The topological polar surface area (TPSA) is 15.3 Å². The van der Waals surface area contributed by atoms with E-state index in [1.165, 1.54) is 6.42 Å². The molecular formula is C13H28N2. The van der Waals surface area contributed by atoms with Crippen LogP contribution in [0.2, 0.25) is 0 Å². The third-order valence-corrected chi connectivity index (χ3v) is 2.61. The first-order valence-electron chi connectivity index (χ1n) is 6.00. The van der Waals surface area contributed by atoms with E-state index in [1.54, 1.807) is 0 Å². The Kier molecular flexibility index (Phi) is 6.86. The molecule has 0 fully saturated rings. The second kappa shape index (κ2) is 7.02. The Morgan fingerprint density at radius 2 is 2.00 bits per heavy atom. The third kappa shape index (κ3) is 7.57. The largest absolute Gasteiger partial charge is 0.312 e. The number of hydrogen-bond acceptors (Lipinski definition) is 2. The van der Waals surface area contributed by atoms with E-state index in [-0.39, 0.29) is 5.54 Å². The summed E-state index contributed by atoms with van der Waals surface area (Å²) in [7, 11) is 0. The van der Waals surface area contributed by atoms with Gasteiger partial charge in [0.1, 0.15) is 0 Å². The fraction of sp³-hybridized carbons (Fsp3) is 0.846. The molecule has 0 aliphatic heterocycles. The van der Waals surface area contributed by atoms with Gasteiger partial charge in [0.25, 0.3) is 0 Å². The van der Waals surface area contributed by atoms with Gasteiger partial charge >= 0.3 is 0 Å². The maximum Gasteiger partial charge on any atom is 0.0163 e. The Balaban J connectivity index is 3.80. The average molecular weight is 212 g/mol. The molecule has 2 nitrogen and oxygen atoms in total. The summed E-state index contributed by atoms with van der Waals surface area (Å²) in [4.78, 5) is 2.44. The number of rotatable bonds is 7. The summed E-state index contributed by atoms with van der Waals surface area (Å²) in [6.45, 7) is 18.1. The lowest BCUT2D eigenvalue weighted by Gasteiger charge is -2.28. The van der Waals surface area contributed by atoms with Crippen molar-refractivity contribution in [1.82, 2.24) is 10.2 Å². The molecule has 1 atom stereocenters. The first-order chi connectivity index (χ1) is 6.90. The van der Waals surface area contributed by atoms with E-state index in [9.17, 15) is 0 Å². The van der Waals surface area contributed by atoms with E-state index in [0.717, 1.165) is 19.6 Å². The van der Waals surface area contributed by atoms with Crippen molar-refractivity contribution in [1.29, 1.82) is 0 Å².